The van der Waals surface area contributed by atoms with Crippen LogP contribution in [0.1, 0.15) is 19.4 Å². The van der Waals surface area contributed by atoms with Gasteiger partial charge in [0.25, 0.3) is 5.69 Å². The average Bonchev–Trinajstić information content (AvgIpc) is 2.47. The van der Waals surface area contributed by atoms with Gasteiger partial charge in [-0.25, -0.2) is 4.39 Å². The lowest BCUT2D eigenvalue weighted by Crippen LogP contribution is -2.27. The molecule has 0 aliphatic heterocycles. The van der Waals surface area contributed by atoms with Crippen LogP contribution < -0.4 is 5.32 Å². The highest BCUT2D eigenvalue weighted by molar-refractivity contribution is 5.61. The molecule has 0 saturated carbocycles. The lowest BCUT2D eigenvalue weighted by molar-refractivity contribution is -0.384. The third-order valence-electron chi connectivity index (χ3n) is 3.43. The molecule has 0 radical (unpaired) electrons. The number of nitro benzene ring substituents is 1. The zero-order valence-electron chi connectivity index (χ0n) is 12.0. The van der Waals surface area contributed by atoms with E-state index in [1.54, 1.807) is 0 Å². The molecule has 0 aliphatic carbocycles. The van der Waals surface area contributed by atoms with E-state index in [0.29, 0.717) is 12.2 Å². The number of nitrogens with one attached hydrogen (secondary N) is 1. The minimum absolute atomic E-state index is 0.205. The fourth-order valence-electron chi connectivity index (χ4n) is 2.11. The largest absolute Gasteiger partial charge is 0.379 e. The van der Waals surface area contributed by atoms with Crippen molar-refractivity contribution >= 4 is 11.4 Å². The quantitative estimate of drug-likeness (QED) is 0.665. The summed E-state index contributed by atoms with van der Waals surface area (Å²) < 4.78 is 13.1. The van der Waals surface area contributed by atoms with Crippen LogP contribution in [-0.4, -0.2) is 11.5 Å². The number of anilines is 1. The van der Waals surface area contributed by atoms with Crippen molar-refractivity contribution in [2.24, 2.45) is 0 Å². The Labute approximate surface area is 122 Å². The molecule has 0 fully saturated rings. The van der Waals surface area contributed by atoms with Gasteiger partial charge in [0.2, 0.25) is 0 Å². The van der Waals surface area contributed by atoms with Gasteiger partial charge in [0, 0.05) is 12.0 Å². The number of benzene rings is 2. The Morgan fingerprint density at radius 1 is 1.19 bits per heavy atom. The Balaban J connectivity index is 2.18. The van der Waals surface area contributed by atoms with Crippen LogP contribution in [0.15, 0.2) is 48.5 Å². The lowest BCUT2D eigenvalue weighted by atomic mass is 9.84. The molecule has 0 saturated heterocycles. The van der Waals surface area contributed by atoms with E-state index in [-0.39, 0.29) is 11.1 Å². The van der Waals surface area contributed by atoms with E-state index in [1.807, 2.05) is 44.2 Å². The predicted octanol–water partition coefficient (Wildman–Crippen LogP) is 4.12. The van der Waals surface area contributed by atoms with Crippen molar-refractivity contribution in [2.45, 2.75) is 19.3 Å². The second kappa shape index (κ2) is 5.91. The summed E-state index contributed by atoms with van der Waals surface area (Å²) in [5.41, 5.74) is 0.996. The van der Waals surface area contributed by atoms with E-state index >= 15 is 0 Å². The fraction of sp³-hybridized carbons (Fsp3) is 0.250. The standard InChI is InChI=1S/C16H17FN2O2/c1-16(2,12-6-4-3-5-7-12)11-18-14-9-8-13(17)10-15(14)19(20)21/h3-10,18H,11H2,1-2H3. The van der Waals surface area contributed by atoms with Gasteiger partial charge in [-0.2, -0.15) is 0 Å². The maximum atomic E-state index is 13.1. The van der Waals surface area contributed by atoms with Crippen molar-refractivity contribution in [1.29, 1.82) is 0 Å². The van der Waals surface area contributed by atoms with E-state index in [4.69, 9.17) is 0 Å². The molecule has 2 aromatic carbocycles. The van der Waals surface area contributed by atoms with Crippen LogP contribution in [0.3, 0.4) is 0 Å². The van der Waals surface area contributed by atoms with Crippen molar-refractivity contribution in [3.05, 3.63) is 70.0 Å². The van der Waals surface area contributed by atoms with Crippen molar-refractivity contribution in [2.75, 3.05) is 11.9 Å². The summed E-state index contributed by atoms with van der Waals surface area (Å²) in [5.74, 6) is -0.616. The zero-order chi connectivity index (χ0) is 15.5. The first-order chi connectivity index (χ1) is 9.90. The van der Waals surface area contributed by atoms with Gasteiger partial charge in [-0.15, -0.1) is 0 Å². The molecular weight excluding hydrogens is 271 g/mol. The van der Waals surface area contributed by atoms with Gasteiger partial charge >= 0.3 is 0 Å². The number of hydrogen-bond acceptors (Lipinski definition) is 3. The monoisotopic (exact) mass is 288 g/mol. The second-order valence-corrected chi connectivity index (χ2v) is 5.52. The molecule has 110 valence electrons. The highest BCUT2D eigenvalue weighted by Crippen LogP contribution is 2.28. The summed E-state index contributed by atoms with van der Waals surface area (Å²) in [6.45, 7) is 4.60. The fourth-order valence-corrected chi connectivity index (χ4v) is 2.11. The maximum Gasteiger partial charge on any atom is 0.295 e. The molecule has 21 heavy (non-hydrogen) atoms. The van der Waals surface area contributed by atoms with Crippen molar-refractivity contribution in [1.82, 2.24) is 0 Å². The molecule has 0 atom stereocenters. The first-order valence-electron chi connectivity index (χ1n) is 6.63. The molecule has 0 aliphatic rings. The molecule has 5 heteroatoms. The number of nitro groups is 1. The van der Waals surface area contributed by atoms with E-state index in [0.717, 1.165) is 11.6 Å². The maximum absolute atomic E-state index is 13.1. The summed E-state index contributed by atoms with van der Waals surface area (Å²) in [7, 11) is 0. The Hall–Kier alpha value is -2.43. The molecule has 0 spiro atoms. The number of nitrogens with zero attached hydrogens (tertiary/aromatic N) is 1. The summed E-state index contributed by atoms with van der Waals surface area (Å²) in [4.78, 5) is 10.4. The highest BCUT2D eigenvalue weighted by Gasteiger charge is 2.22. The van der Waals surface area contributed by atoms with Crippen LogP contribution in [0.4, 0.5) is 15.8 Å². The first-order valence-corrected chi connectivity index (χ1v) is 6.63. The van der Waals surface area contributed by atoms with Crippen molar-refractivity contribution in [3.8, 4) is 0 Å². The minimum Gasteiger partial charge on any atom is -0.379 e. The van der Waals surface area contributed by atoms with E-state index in [1.165, 1.54) is 12.1 Å². The normalized spacial score (nSPS) is 11.2. The van der Waals surface area contributed by atoms with Gasteiger partial charge in [-0.05, 0) is 17.7 Å². The summed E-state index contributed by atoms with van der Waals surface area (Å²) in [6, 6.07) is 13.4. The molecular formula is C16H17FN2O2. The van der Waals surface area contributed by atoms with Crippen molar-refractivity contribution < 1.29 is 9.31 Å². The topological polar surface area (TPSA) is 55.2 Å². The second-order valence-electron chi connectivity index (χ2n) is 5.52. The molecule has 2 rings (SSSR count). The highest BCUT2D eigenvalue weighted by atomic mass is 19.1. The molecule has 0 unspecified atom stereocenters. The Morgan fingerprint density at radius 2 is 1.86 bits per heavy atom. The third kappa shape index (κ3) is 3.56. The van der Waals surface area contributed by atoms with Crippen LogP contribution in [0.25, 0.3) is 0 Å². The summed E-state index contributed by atoms with van der Waals surface area (Å²) in [5, 5.41) is 14.0. The first kappa shape index (κ1) is 15.0. The van der Waals surface area contributed by atoms with Gasteiger partial charge in [0.15, 0.2) is 0 Å². The molecule has 4 nitrogen and oxygen atoms in total. The molecule has 2 aromatic rings. The third-order valence-corrected chi connectivity index (χ3v) is 3.43. The molecule has 1 N–H and O–H groups in total. The van der Waals surface area contributed by atoms with Gasteiger partial charge < -0.3 is 5.32 Å². The molecule has 0 bridgehead atoms. The van der Waals surface area contributed by atoms with Gasteiger partial charge in [0.05, 0.1) is 11.0 Å². The van der Waals surface area contributed by atoms with E-state index < -0.39 is 10.7 Å². The SMILES string of the molecule is CC(C)(CNc1ccc(F)cc1[N+](=O)[O-])c1ccccc1. The summed E-state index contributed by atoms with van der Waals surface area (Å²) >= 11 is 0. The Bertz CT molecular complexity index is 642. The Morgan fingerprint density at radius 3 is 2.48 bits per heavy atom. The zero-order valence-corrected chi connectivity index (χ0v) is 12.0. The van der Waals surface area contributed by atoms with E-state index in [9.17, 15) is 14.5 Å². The van der Waals surface area contributed by atoms with Crippen LogP contribution in [-0.2, 0) is 5.41 Å². The van der Waals surface area contributed by atoms with E-state index in [2.05, 4.69) is 5.32 Å². The van der Waals surface area contributed by atoms with Gasteiger partial charge in [-0.1, -0.05) is 44.2 Å². The predicted molar refractivity (Wildman–Crippen MR) is 81.0 cm³/mol. The molecule has 0 aromatic heterocycles. The Kier molecular flexibility index (Phi) is 4.21. The van der Waals surface area contributed by atoms with Crippen LogP contribution in [0, 0.1) is 15.9 Å². The van der Waals surface area contributed by atoms with Crippen LogP contribution in [0.5, 0.6) is 0 Å². The average molecular weight is 288 g/mol. The summed E-state index contributed by atoms with van der Waals surface area (Å²) in [6.07, 6.45) is 0. The van der Waals surface area contributed by atoms with Crippen LogP contribution >= 0.6 is 0 Å². The van der Waals surface area contributed by atoms with Crippen LogP contribution in [0.2, 0.25) is 0 Å². The number of rotatable bonds is 5. The number of hydrogen-bond donors (Lipinski definition) is 1. The van der Waals surface area contributed by atoms with Gasteiger partial charge in [0.1, 0.15) is 11.5 Å². The minimum atomic E-state index is -0.616. The van der Waals surface area contributed by atoms with Gasteiger partial charge in [-0.3, -0.25) is 10.1 Å². The van der Waals surface area contributed by atoms with Crippen molar-refractivity contribution in [3.63, 3.8) is 0 Å². The lowest BCUT2D eigenvalue weighted by Gasteiger charge is -2.26. The number of halogens is 1. The smallest absolute Gasteiger partial charge is 0.295 e. The molecule has 0 amide bonds. The molecule has 0 heterocycles.